The summed E-state index contributed by atoms with van der Waals surface area (Å²) in [7, 11) is 0. The number of hydrogen-bond donors (Lipinski definition) is 2. The molecule has 0 aromatic heterocycles. The van der Waals surface area contributed by atoms with E-state index in [1.165, 1.54) is 103 Å². The van der Waals surface area contributed by atoms with Gasteiger partial charge in [-0.25, -0.2) is 0 Å². The van der Waals surface area contributed by atoms with E-state index in [9.17, 15) is 0 Å². The van der Waals surface area contributed by atoms with Crippen LogP contribution in [0.25, 0.3) is 0 Å². The maximum absolute atomic E-state index is 5.53. The molecular weight excluding hydrogens is 268 g/mol. The molecule has 0 saturated carbocycles. The number of hydrogen-bond acceptors (Lipinski definition) is 2. The minimum absolute atomic E-state index is 0.866. The molecular formula is C20H44N2. The molecule has 0 aliphatic heterocycles. The lowest BCUT2D eigenvalue weighted by atomic mass is 9.92. The Labute approximate surface area is 140 Å². The van der Waals surface area contributed by atoms with Crippen LogP contribution in [0.4, 0.5) is 0 Å². The van der Waals surface area contributed by atoms with Crippen molar-refractivity contribution in [1.82, 2.24) is 0 Å². The van der Waals surface area contributed by atoms with Crippen LogP contribution in [0.3, 0.4) is 0 Å². The first kappa shape index (κ1) is 21.9. The highest BCUT2D eigenvalue weighted by atomic mass is 14.5. The van der Waals surface area contributed by atoms with Gasteiger partial charge in [-0.1, -0.05) is 96.8 Å². The van der Waals surface area contributed by atoms with Gasteiger partial charge in [0.05, 0.1) is 0 Å². The fourth-order valence-corrected chi connectivity index (χ4v) is 3.30. The standard InChI is InChI=1S/C20H44N2/c1-2-20(17-13-9-7-11-15-19-22)16-12-8-5-3-4-6-10-14-18-21/h20H,2-19,21-22H2,1H3. The van der Waals surface area contributed by atoms with E-state index in [0.717, 1.165) is 19.0 Å². The normalized spacial score (nSPS) is 12.7. The zero-order chi connectivity index (χ0) is 16.3. The summed E-state index contributed by atoms with van der Waals surface area (Å²) in [6.07, 6.45) is 22.2. The summed E-state index contributed by atoms with van der Waals surface area (Å²) in [5, 5.41) is 0. The maximum atomic E-state index is 5.53. The van der Waals surface area contributed by atoms with E-state index in [0.29, 0.717) is 0 Å². The van der Waals surface area contributed by atoms with Crippen molar-refractivity contribution in [2.24, 2.45) is 17.4 Å². The van der Waals surface area contributed by atoms with Gasteiger partial charge in [0.1, 0.15) is 0 Å². The second-order valence-electron chi connectivity index (χ2n) is 7.03. The fraction of sp³-hybridized carbons (Fsp3) is 1.00. The molecule has 0 aliphatic carbocycles. The largest absolute Gasteiger partial charge is 0.330 e. The summed E-state index contributed by atoms with van der Waals surface area (Å²) < 4.78 is 0. The Balaban J connectivity index is 3.28. The first-order valence-corrected chi connectivity index (χ1v) is 10.2. The van der Waals surface area contributed by atoms with Crippen molar-refractivity contribution in [2.45, 2.75) is 110 Å². The van der Waals surface area contributed by atoms with Crippen LogP contribution in [-0.4, -0.2) is 13.1 Å². The van der Waals surface area contributed by atoms with Crippen LogP contribution >= 0.6 is 0 Å². The molecule has 0 bridgehead atoms. The van der Waals surface area contributed by atoms with Gasteiger partial charge >= 0.3 is 0 Å². The predicted molar refractivity (Wildman–Crippen MR) is 101 cm³/mol. The van der Waals surface area contributed by atoms with Gasteiger partial charge in [-0.05, 0) is 31.8 Å². The Bertz CT molecular complexity index is 194. The lowest BCUT2D eigenvalue weighted by molar-refractivity contribution is 0.392. The van der Waals surface area contributed by atoms with E-state index in [1.54, 1.807) is 0 Å². The summed E-state index contributed by atoms with van der Waals surface area (Å²) in [5.74, 6) is 0.985. The molecule has 0 radical (unpaired) electrons. The lowest BCUT2D eigenvalue weighted by Crippen LogP contribution is -2.00. The maximum Gasteiger partial charge on any atom is -0.00773 e. The molecule has 0 aliphatic rings. The molecule has 22 heavy (non-hydrogen) atoms. The third-order valence-electron chi connectivity index (χ3n) is 4.96. The predicted octanol–water partition coefficient (Wildman–Crippen LogP) is 5.78. The zero-order valence-electron chi connectivity index (χ0n) is 15.5. The molecule has 4 N–H and O–H groups in total. The average molecular weight is 313 g/mol. The van der Waals surface area contributed by atoms with Crippen LogP contribution in [0.15, 0.2) is 0 Å². The minimum Gasteiger partial charge on any atom is -0.330 e. The van der Waals surface area contributed by atoms with Crippen LogP contribution in [0.1, 0.15) is 110 Å². The summed E-state index contributed by atoms with van der Waals surface area (Å²) in [6.45, 7) is 4.10. The SMILES string of the molecule is CCC(CCCCCCCN)CCCCCCCCCCN. The molecule has 1 unspecified atom stereocenters. The molecule has 0 spiro atoms. The molecule has 0 fully saturated rings. The third-order valence-corrected chi connectivity index (χ3v) is 4.96. The molecule has 0 rings (SSSR count). The van der Waals surface area contributed by atoms with Crippen molar-refractivity contribution >= 4 is 0 Å². The smallest absolute Gasteiger partial charge is 0.00773 e. The highest BCUT2D eigenvalue weighted by Crippen LogP contribution is 2.21. The van der Waals surface area contributed by atoms with Gasteiger partial charge in [-0.3, -0.25) is 0 Å². The molecule has 0 aromatic rings. The van der Waals surface area contributed by atoms with E-state index in [-0.39, 0.29) is 0 Å². The van der Waals surface area contributed by atoms with E-state index in [2.05, 4.69) is 6.92 Å². The zero-order valence-corrected chi connectivity index (χ0v) is 15.5. The highest BCUT2D eigenvalue weighted by molar-refractivity contribution is 4.59. The molecule has 2 heteroatoms. The van der Waals surface area contributed by atoms with Gasteiger partial charge in [0.25, 0.3) is 0 Å². The topological polar surface area (TPSA) is 52.0 Å². The molecule has 2 nitrogen and oxygen atoms in total. The van der Waals surface area contributed by atoms with Crippen molar-refractivity contribution < 1.29 is 0 Å². The van der Waals surface area contributed by atoms with Gasteiger partial charge in [0.2, 0.25) is 0 Å². The Morgan fingerprint density at radius 2 is 0.818 bits per heavy atom. The van der Waals surface area contributed by atoms with Crippen molar-refractivity contribution in [1.29, 1.82) is 0 Å². The molecule has 0 heterocycles. The Morgan fingerprint density at radius 3 is 1.14 bits per heavy atom. The Hall–Kier alpha value is -0.0800. The van der Waals surface area contributed by atoms with E-state index >= 15 is 0 Å². The quantitative estimate of drug-likeness (QED) is 0.315. The Kier molecular flexibility index (Phi) is 18.9. The van der Waals surface area contributed by atoms with Crippen molar-refractivity contribution in [3.05, 3.63) is 0 Å². The number of nitrogens with two attached hydrogens (primary N) is 2. The van der Waals surface area contributed by atoms with Crippen LogP contribution in [-0.2, 0) is 0 Å². The first-order chi connectivity index (χ1) is 10.8. The monoisotopic (exact) mass is 312 g/mol. The van der Waals surface area contributed by atoms with Gasteiger partial charge in [-0.15, -0.1) is 0 Å². The lowest BCUT2D eigenvalue weighted by Gasteiger charge is -2.14. The summed E-state index contributed by atoms with van der Waals surface area (Å²) in [4.78, 5) is 0. The molecule has 0 saturated heterocycles. The number of unbranched alkanes of at least 4 members (excludes halogenated alkanes) is 11. The van der Waals surface area contributed by atoms with E-state index < -0.39 is 0 Å². The average Bonchev–Trinajstić information content (AvgIpc) is 2.54. The van der Waals surface area contributed by atoms with Crippen molar-refractivity contribution in [2.75, 3.05) is 13.1 Å². The molecule has 1 atom stereocenters. The van der Waals surface area contributed by atoms with Crippen LogP contribution in [0, 0.1) is 5.92 Å². The third kappa shape index (κ3) is 16.3. The van der Waals surface area contributed by atoms with Gasteiger partial charge in [-0.2, -0.15) is 0 Å². The first-order valence-electron chi connectivity index (χ1n) is 10.2. The summed E-state index contributed by atoms with van der Waals surface area (Å²) >= 11 is 0. The van der Waals surface area contributed by atoms with E-state index in [4.69, 9.17) is 11.5 Å². The molecule has 134 valence electrons. The summed E-state index contributed by atoms with van der Waals surface area (Å²) in [5.41, 5.74) is 11.0. The van der Waals surface area contributed by atoms with Crippen LogP contribution in [0.5, 0.6) is 0 Å². The molecule has 0 aromatic carbocycles. The van der Waals surface area contributed by atoms with Gasteiger partial charge < -0.3 is 11.5 Å². The van der Waals surface area contributed by atoms with Crippen LogP contribution < -0.4 is 11.5 Å². The summed E-state index contributed by atoms with van der Waals surface area (Å²) in [6, 6.07) is 0. The second kappa shape index (κ2) is 19.0. The van der Waals surface area contributed by atoms with Gasteiger partial charge in [0.15, 0.2) is 0 Å². The van der Waals surface area contributed by atoms with E-state index in [1.807, 2.05) is 0 Å². The minimum atomic E-state index is 0.866. The van der Waals surface area contributed by atoms with Gasteiger partial charge in [0, 0.05) is 0 Å². The molecule has 0 amide bonds. The second-order valence-corrected chi connectivity index (χ2v) is 7.03. The fourth-order valence-electron chi connectivity index (χ4n) is 3.30. The van der Waals surface area contributed by atoms with Crippen LogP contribution in [0.2, 0.25) is 0 Å². The van der Waals surface area contributed by atoms with Crippen molar-refractivity contribution in [3.63, 3.8) is 0 Å². The number of rotatable bonds is 18. The van der Waals surface area contributed by atoms with Crippen molar-refractivity contribution in [3.8, 4) is 0 Å². The highest BCUT2D eigenvalue weighted by Gasteiger charge is 2.05. The Morgan fingerprint density at radius 1 is 0.500 bits per heavy atom.